The van der Waals surface area contributed by atoms with Gasteiger partial charge in [0.2, 0.25) is 0 Å². The van der Waals surface area contributed by atoms with E-state index in [2.05, 4.69) is 10.5 Å². The molecule has 0 aromatic rings. The van der Waals surface area contributed by atoms with Crippen LogP contribution >= 0.6 is 0 Å². The zero-order valence-corrected chi connectivity index (χ0v) is 4.84. The van der Waals surface area contributed by atoms with Gasteiger partial charge in [-0.25, -0.2) is 4.79 Å². The van der Waals surface area contributed by atoms with E-state index in [1.165, 1.54) is 0 Å². The molecule has 0 heterocycles. The summed E-state index contributed by atoms with van der Waals surface area (Å²) in [5, 5.41) is 4.40. The quantitative estimate of drug-likeness (QED) is 0.517. The normalized spacial score (nSPS) is 8.88. The predicted octanol–water partition coefficient (Wildman–Crippen LogP) is 0.871. The molecule has 8 heavy (non-hydrogen) atoms. The average molecular weight is 116 g/mol. The number of rotatable bonds is 1. The zero-order valence-electron chi connectivity index (χ0n) is 4.84. The van der Waals surface area contributed by atoms with E-state index >= 15 is 0 Å². The Labute approximate surface area is 47.2 Å². The molecule has 0 aliphatic carbocycles. The van der Waals surface area contributed by atoms with E-state index in [0.29, 0.717) is 0 Å². The topological polar surface area (TPSA) is 58.5 Å². The van der Waals surface area contributed by atoms with Crippen LogP contribution in [-0.2, 0) is 0 Å². The third-order valence-corrected chi connectivity index (χ3v) is 0.495. The van der Waals surface area contributed by atoms with Gasteiger partial charge >= 0.3 is 6.03 Å². The summed E-state index contributed by atoms with van der Waals surface area (Å²) in [7, 11) is 0. The van der Waals surface area contributed by atoms with Crippen molar-refractivity contribution in [1.29, 1.82) is 0 Å². The van der Waals surface area contributed by atoms with Gasteiger partial charge in [0.15, 0.2) is 0 Å². The highest BCUT2D eigenvalue weighted by atomic mass is 16.3. The van der Waals surface area contributed by atoms with Crippen molar-refractivity contribution in [1.82, 2.24) is 5.32 Å². The first kappa shape index (κ1) is 7.07. The number of hydrogen-bond donors (Lipinski definition) is 1. The van der Waals surface area contributed by atoms with Crippen LogP contribution in [0.4, 0.5) is 4.79 Å². The molecule has 4 heteroatoms. The van der Waals surface area contributed by atoms with Crippen LogP contribution in [0, 0.1) is 4.91 Å². The Kier molecular flexibility index (Phi) is 2.76. The molecular formula is C4H8N2O2. The Morgan fingerprint density at radius 2 is 2.12 bits per heavy atom. The summed E-state index contributed by atoms with van der Waals surface area (Å²) in [6, 6.07) is -0.819. The smallest absolute Gasteiger partial charge is 0.332 e. The molecule has 0 aromatic heterocycles. The van der Waals surface area contributed by atoms with Crippen molar-refractivity contribution >= 4 is 6.03 Å². The first-order valence-corrected chi connectivity index (χ1v) is 2.30. The van der Waals surface area contributed by atoms with Crippen LogP contribution in [0.15, 0.2) is 5.18 Å². The number of urea groups is 1. The summed E-state index contributed by atoms with van der Waals surface area (Å²) in [4.78, 5) is 19.4. The van der Waals surface area contributed by atoms with Gasteiger partial charge in [-0.2, -0.15) is 0 Å². The second-order valence-electron chi connectivity index (χ2n) is 1.70. The average Bonchev–Trinajstić information content (AvgIpc) is 1.65. The van der Waals surface area contributed by atoms with Gasteiger partial charge in [-0.1, -0.05) is 0 Å². The molecule has 1 N–H and O–H groups in total. The lowest BCUT2D eigenvalue weighted by Gasteiger charge is -1.99. The number of carbonyl (C=O) groups excluding carboxylic acids is 1. The van der Waals surface area contributed by atoms with E-state index in [9.17, 15) is 9.70 Å². The number of nitrogens with zero attached hydrogens (tertiary/aromatic N) is 1. The van der Waals surface area contributed by atoms with Gasteiger partial charge in [0.1, 0.15) is 0 Å². The highest BCUT2D eigenvalue weighted by molar-refractivity contribution is 5.74. The number of amides is 2. The van der Waals surface area contributed by atoms with Crippen LogP contribution in [0.1, 0.15) is 13.8 Å². The molecule has 0 atom stereocenters. The summed E-state index contributed by atoms with van der Waals surface area (Å²) in [6.07, 6.45) is 0. The van der Waals surface area contributed by atoms with Gasteiger partial charge in [-0.15, -0.1) is 4.91 Å². The summed E-state index contributed by atoms with van der Waals surface area (Å²) < 4.78 is 0. The molecule has 0 fully saturated rings. The Morgan fingerprint density at radius 3 is 2.25 bits per heavy atom. The number of nitrogens with one attached hydrogen (secondary N) is 1. The molecular weight excluding hydrogens is 108 g/mol. The second-order valence-corrected chi connectivity index (χ2v) is 1.70. The molecule has 0 saturated carbocycles. The van der Waals surface area contributed by atoms with E-state index in [-0.39, 0.29) is 6.04 Å². The number of nitroso groups, excluding NO2 is 1. The first-order valence-electron chi connectivity index (χ1n) is 2.30. The van der Waals surface area contributed by atoms with Crippen LogP contribution in [0.2, 0.25) is 0 Å². The van der Waals surface area contributed by atoms with E-state index in [1.54, 1.807) is 13.8 Å². The number of hydrogen-bond acceptors (Lipinski definition) is 2. The Balaban J connectivity index is 3.39. The lowest BCUT2D eigenvalue weighted by Crippen LogP contribution is -2.26. The maximum absolute atomic E-state index is 10.0. The van der Waals surface area contributed by atoms with E-state index in [1.807, 2.05) is 0 Å². The van der Waals surface area contributed by atoms with Gasteiger partial charge in [0.25, 0.3) is 0 Å². The van der Waals surface area contributed by atoms with Crippen molar-refractivity contribution in [2.24, 2.45) is 5.18 Å². The lowest BCUT2D eigenvalue weighted by molar-refractivity contribution is 0.247. The fourth-order valence-corrected chi connectivity index (χ4v) is 0.273. The second kappa shape index (κ2) is 3.12. The zero-order chi connectivity index (χ0) is 6.57. The van der Waals surface area contributed by atoms with Gasteiger partial charge in [-0.3, -0.25) is 0 Å². The molecule has 0 spiro atoms. The monoisotopic (exact) mass is 116 g/mol. The molecule has 0 aliphatic rings. The van der Waals surface area contributed by atoms with Crippen LogP contribution in [0.3, 0.4) is 0 Å². The van der Waals surface area contributed by atoms with Crippen molar-refractivity contribution in [3.63, 3.8) is 0 Å². The molecule has 0 unspecified atom stereocenters. The molecule has 0 saturated heterocycles. The van der Waals surface area contributed by atoms with Crippen molar-refractivity contribution in [3.05, 3.63) is 4.91 Å². The molecule has 0 radical (unpaired) electrons. The Hall–Kier alpha value is -0.930. The van der Waals surface area contributed by atoms with E-state index < -0.39 is 6.03 Å². The molecule has 0 aromatic carbocycles. The minimum atomic E-state index is -0.806. The fraction of sp³-hybridized carbons (Fsp3) is 0.750. The van der Waals surface area contributed by atoms with Crippen LogP contribution in [-0.4, -0.2) is 12.1 Å². The summed E-state index contributed by atoms with van der Waals surface area (Å²) in [5.41, 5.74) is 0. The molecule has 2 amide bonds. The summed E-state index contributed by atoms with van der Waals surface area (Å²) >= 11 is 0. The molecule has 0 rings (SSSR count). The van der Waals surface area contributed by atoms with Gasteiger partial charge in [0, 0.05) is 11.2 Å². The predicted molar refractivity (Wildman–Crippen MR) is 29.5 cm³/mol. The van der Waals surface area contributed by atoms with E-state index in [0.717, 1.165) is 0 Å². The van der Waals surface area contributed by atoms with Crippen molar-refractivity contribution in [3.8, 4) is 0 Å². The highest BCUT2D eigenvalue weighted by Crippen LogP contribution is 1.77. The Morgan fingerprint density at radius 1 is 1.62 bits per heavy atom. The van der Waals surface area contributed by atoms with Crippen molar-refractivity contribution < 1.29 is 4.79 Å². The SMILES string of the molecule is CC(C)NC(=O)N=O. The minimum absolute atomic E-state index is 0.0137. The molecule has 0 bridgehead atoms. The van der Waals surface area contributed by atoms with Gasteiger partial charge < -0.3 is 5.32 Å². The largest absolute Gasteiger partial charge is 0.378 e. The third kappa shape index (κ3) is 3.27. The third-order valence-electron chi connectivity index (χ3n) is 0.495. The van der Waals surface area contributed by atoms with Crippen molar-refractivity contribution in [2.45, 2.75) is 19.9 Å². The molecule has 46 valence electrons. The number of carbonyl (C=O) groups is 1. The Bertz CT molecular complexity index is 100. The molecule has 0 aliphatic heterocycles. The van der Waals surface area contributed by atoms with Crippen LogP contribution < -0.4 is 5.32 Å². The lowest BCUT2D eigenvalue weighted by atomic mass is 10.4. The minimum Gasteiger partial charge on any atom is -0.332 e. The summed E-state index contributed by atoms with van der Waals surface area (Å²) in [5.74, 6) is 0. The van der Waals surface area contributed by atoms with Crippen LogP contribution in [0.25, 0.3) is 0 Å². The standard InChI is InChI=1S/C4H8N2O2/c1-3(2)5-4(7)6-8/h3H,1-2H3,(H,5,7). The maximum Gasteiger partial charge on any atom is 0.378 e. The van der Waals surface area contributed by atoms with E-state index in [4.69, 9.17) is 0 Å². The maximum atomic E-state index is 10.0. The van der Waals surface area contributed by atoms with Crippen LogP contribution in [0.5, 0.6) is 0 Å². The van der Waals surface area contributed by atoms with Gasteiger partial charge in [0.05, 0.1) is 0 Å². The summed E-state index contributed by atoms with van der Waals surface area (Å²) in [6.45, 7) is 3.51. The van der Waals surface area contributed by atoms with Gasteiger partial charge in [-0.05, 0) is 13.8 Å². The fourth-order valence-electron chi connectivity index (χ4n) is 0.273. The van der Waals surface area contributed by atoms with Crippen molar-refractivity contribution in [2.75, 3.05) is 0 Å². The molecule has 4 nitrogen and oxygen atoms in total. The highest BCUT2D eigenvalue weighted by Gasteiger charge is 1.98. The first-order chi connectivity index (χ1) is 3.66.